The molecule has 0 unspecified atom stereocenters. The SMILES string of the molecule is COc1cccc([C@H]2CN(C(=O)C3CCCC3)[C@@H]3CCN(Cc4cccs4)C[C@H]23)c1. The van der Waals surface area contributed by atoms with E-state index in [0.29, 0.717) is 23.8 Å². The van der Waals surface area contributed by atoms with Crippen molar-refractivity contribution in [2.24, 2.45) is 11.8 Å². The maximum atomic E-state index is 13.4. The van der Waals surface area contributed by atoms with Gasteiger partial charge in [-0.2, -0.15) is 0 Å². The highest BCUT2D eigenvalue weighted by molar-refractivity contribution is 7.09. The van der Waals surface area contributed by atoms with Crippen LogP contribution < -0.4 is 4.74 Å². The van der Waals surface area contributed by atoms with Gasteiger partial charge in [0.25, 0.3) is 0 Å². The minimum Gasteiger partial charge on any atom is -0.497 e. The first-order chi connectivity index (χ1) is 14.7. The Hall–Kier alpha value is -1.85. The van der Waals surface area contributed by atoms with Crippen LogP contribution in [-0.2, 0) is 11.3 Å². The zero-order valence-electron chi connectivity index (χ0n) is 17.8. The van der Waals surface area contributed by atoms with Gasteiger partial charge in [-0.25, -0.2) is 0 Å². The third-order valence-electron chi connectivity index (χ3n) is 7.48. The fraction of sp³-hybridized carbons (Fsp3) is 0.560. The summed E-state index contributed by atoms with van der Waals surface area (Å²) >= 11 is 1.84. The Morgan fingerprint density at radius 2 is 2.00 bits per heavy atom. The van der Waals surface area contributed by atoms with Crippen molar-refractivity contribution in [2.75, 3.05) is 26.7 Å². The highest BCUT2D eigenvalue weighted by Crippen LogP contribution is 2.44. The third-order valence-corrected chi connectivity index (χ3v) is 8.35. The molecule has 2 aliphatic heterocycles. The number of nitrogens with zero attached hydrogens (tertiary/aromatic N) is 2. The Morgan fingerprint density at radius 1 is 1.13 bits per heavy atom. The van der Waals surface area contributed by atoms with Crippen molar-refractivity contribution in [2.45, 2.75) is 50.6 Å². The number of carbonyl (C=O) groups is 1. The van der Waals surface area contributed by atoms with E-state index in [1.165, 1.54) is 23.3 Å². The van der Waals surface area contributed by atoms with Gasteiger partial charge >= 0.3 is 0 Å². The highest BCUT2D eigenvalue weighted by Gasteiger charge is 2.48. The minimum atomic E-state index is 0.263. The molecule has 0 spiro atoms. The summed E-state index contributed by atoms with van der Waals surface area (Å²) in [4.78, 5) is 19.7. The number of methoxy groups -OCH3 is 1. The molecule has 0 radical (unpaired) electrons. The summed E-state index contributed by atoms with van der Waals surface area (Å²) in [5.74, 6) is 2.49. The lowest BCUT2D eigenvalue weighted by Gasteiger charge is -2.39. The maximum absolute atomic E-state index is 13.4. The average molecular weight is 425 g/mol. The minimum absolute atomic E-state index is 0.263. The van der Waals surface area contributed by atoms with Crippen molar-refractivity contribution in [1.82, 2.24) is 9.80 Å². The van der Waals surface area contributed by atoms with Crippen LogP contribution in [0.4, 0.5) is 0 Å². The second-order valence-corrected chi connectivity index (χ2v) is 10.2. The second kappa shape index (κ2) is 8.72. The molecule has 1 aliphatic carbocycles. The summed E-state index contributed by atoms with van der Waals surface area (Å²) < 4.78 is 5.51. The molecular weight excluding hydrogens is 392 g/mol. The Kier molecular flexibility index (Phi) is 5.83. The van der Waals surface area contributed by atoms with Crippen molar-refractivity contribution in [3.63, 3.8) is 0 Å². The molecule has 160 valence electrons. The molecule has 3 aliphatic rings. The van der Waals surface area contributed by atoms with Crippen LogP contribution in [0.15, 0.2) is 41.8 Å². The van der Waals surface area contributed by atoms with Gasteiger partial charge in [-0.1, -0.05) is 31.0 Å². The van der Waals surface area contributed by atoms with Crippen molar-refractivity contribution in [3.8, 4) is 5.75 Å². The molecule has 0 N–H and O–H groups in total. The van der Waals surface area contributed by atoms with Gasteiger partial charge in [-0.05, 0) is 48.4 Å². The summed E-state index contributed by atoms with van der Waals surface area (Å²) in [5.41, 5.74) is 1.32. The van der Waals surface area contributed by atoms with Crippen molar-refractivity contribution in [1.29, 1.82) is 0 Å². The molecule has 30 heavy (non-hydrogen) atoms. The summed E-state index contributed by atoms with van der Waals surface area (Å²) in [6, 6.07) is 13.3. The molecule has 0 bridgehead atoms. The molecule has 5 rings (SSSR count). The van der Waals surface area contributed by atoms with Crippen LogP contribution in [0, 0.1) is 11.8 Å². The van der Waals surface area contributed by atoms with Crippen molar-refractivity contribution in [3.05, 3.63) is 52.2 Å². The summed E-state index contributed by atoms with van der Waals surface area (Å²) in [6.07, 6.45) is 5.69. The molecule has 3 atom stereocenters. The Morgan fingerprint density at radius 3 is 2.77 bits per heavy atom. The summed E-state index contributed by atoms with van der Waals surface area (Å²) in [5, 5.41) is 2.17. The number of amides is 1. The van der Waals surface area contributed by atoms with Crippen LogP contribution in [-0.4, -0.2) is 48.5 Å². The fourth-order valence-corrected chi connectivity index (χ4v) is 6.70. The first-order valence-electron chi connectivity index (χ1n) is 11.4. The van der Waals surface area contributed by atoms with E-state index in [1.54, 1.807) is 7.11 Å². The van der Waals surface area contributed by atoms with Crippen LogP contribution >= 0.6 is 11.3 Å². The number of ether oxygens (including phenoxy) is 1. The van der Waals surface area contributed by atoms with Crippen LogP contribution in [0.1, 0.15) is 48.5 Å². The molecular formula is C25H32N2O2S. The van der Waals surface area contributed by atoms with E-state index in [2.05, 4.69) is 45.5 Å². The van der Waals surface area contributed by atoms with Gasteiger partial charge in [0.2, 0.25) is 5.91 Å². The lowest BCUT2D eigenvalue weighted by Crippen LogP contribution is -2.48. The van der Waals surface area contributed by atoms with Gasteiger partial charge in [0, 0.05) is 54.9 Å². The quantitative estimate of drug-likeness (QED) is 0.694. The number of piperidine rings is 1. The summed E-state index contributed by atoms with van der Waals surface area (Å²) in [6.45, 7) is 4.05. The van der Waals surface area contributed by atoms with Gasteiger partial charge in [-0.3, -0.25) is 9.69 Å². The van der Waals surface area contributed by atoms with Crippen LogP contribution in [0.25, 0.3) is 0 Å². The van der Waals surface area contributed by atoms with Gasteiger partial charge in [0.15, 0.2) is 0 Å². The van der Waals surface area contributed by atoms with E-state index in [0.717, 1.165) is 51.2 Å². The molecule has 1 saturated carbocycles. The van der Waals surface area contributed by atoms with Crippen LogP contribution in [0.5, 0.6) is 5.75 Å². The molecule has 3 fully saturated rings. The predicted octanol–water partition coefficient (Wildman–Crippen LogP) is 4.76. The standard InChI is InChI=1S/C25H32N2O2S/c1-29-20-9-4-8-19(14-20)22-17-27(25(28)18-6-2-3-7-18)24-11-12-26(16-23(22)24)15-21-10-5-13-30-21/h4-5,8-10,13-14,18,22-24H,2-3,6-7,11-12,15-17H2,1H3/t22-,23-,24-/m1/s1. The van der Waals surface area contributed by atoms with E-state index in [4.69, 9.17) is 4.74 Å². The Bertz CT molecular complexity index is 862. The molecule has 2 aromatic rings. The Balaban J connectivity index is 1.40. The van der Waals surface area contributed by atoms with E-state index < -0.39 is 0 Å². The lowest BCUT2D eigenvalue weighted by molar-refractivity contribution is -0.137. The number of fused-ring (bicyclic) bond motifs is 1. The van der Waals surface area contributed by atoms with Crippen LogP contribution in [0.2, 0.25) is 0 Å². The molecule has 4 nitrogen and oxygen atoms in total. The zero-order chi connectivity index (χ0) is 20.5. The van der Waals surface area contributed by atoms with Gasteiger partial charge in [-0.15, -0.1) is 11.3 Å². The van der Waals surface area contributed by atoms with Crippen molar-refractivity contribution >= 4 is 17.2 Å². The molecule has 5 heteroatoms. The number of hydrogen-bond donors (Lipinski definition) is 0. The van der Waals surface area contributed by atoms with Crippen molar-refractivity contribution < 1.29 is 9.53 Å². The van der Waals surface area contributed by atoms with E-state index in [9.17, 15) is 4.79 Å². The predicted molar refractivity (Wildman–Crippen MR) is 121 cm³/mol. The highest BCUT2D eigenvalue weighted by atomic mass is 32.1. The number of carbonyl (C=O) groups excluding carboxylic acids is 1. The van der Waals surface area contributed by atoms with E-state index in [1.807, 2.05) is 17.4 Å². The maximum Gasteiger partial charge on any atom is 0.225 e. The number of thiophene rings is 1. The van der Waals surface area contributed by atoms with Gasteiger partial charge in [0.1, 0.15) is 5.75 Å². The monoisotopic (exact) mass is 424 g/mol. The Labute approximate surface area is 183 Å². The van der Waals surface area contributed by atoms with Crippen LogP contribution in [0.3, 0.4) is 0 Å². The smallest absolute Gasteiger partial charge is 0.225 e. The van der Waals surface area contributed by atoms with E-state index in [-0.39, 0.29) is 5.92 Å². The molecule has 1 aromatic heterocycles. The third kappa shape index (κ3) is 3.90. The molecule has 1 amide bonds. The largest absolute Gasteiger partial charge is 0.497 e. The first kappa shape index (κ1) is 20.1. The molecule has 2 saturated heterocycles. The number of hydrogen-bond acceptors (Lipinski definition) is 4. The molecule has 1 aromatic carbocycles. The number of benzene rings is 1. The lowest BCUT2D eigenvalue weighted by atomic mass is 9.81. The average Bonchev–Trinajstić information content (AvgIpc) is 3.54. The number of likely N-dealkylation sites (tertiary alicyclic amines) is 2. The zero-order valence-corrected chi connectivity index (χ0v) is 18.7. The summed E-state index contributed by atoms with van der Waals surface area (Å²) in [7, 11) is 1.73. The van der Waals surface area contributed by atoms with Gasteiger partial charge < -0.3 is 9.64 Å². The topological polar surface area (TPSA) is 32.8 Å². The first-order valence-corrected chi connectivity index (χ1v) is 12.3. The number of rotatable bonds is 5. The normalized spacial score (nSPS) is 27.4. The second-order valence-electron chi connectivity index (χ2n) is 9.19. The fourth-order valence-electron chi connectivity index (χ4n) is 5.96. The molecule has 3 heterocycles. The van der Waals surface area contributed by atoms with E-state index >= 15 is 0 Å². The van der Waals surface area contributed by atoms with Gasteiger partial charge in [0.05, 0.1) is 7.11 Å².